The first-order chi connectivity index (χ1) is 6.02. The van der Waals surface area contributed by atoms with Gasteiger partial charge in [0.05, 0.1) is 0 Å². The van der Waals surface area contributed by atoms with Crippen LogP contribution in [0.25, 0.3) is 0 Å². The SMILES string of the molecule is Cc1cc(N(C)C(=O)O)ccc1Cl. The van der Waals surface area contributed by atoms with Crippen LogP contribution in [0.4, 0.5) is 10.5 Å². The molecule has 13 heavy (non-hydrogen) atoms. The molecule has 0 unspecified atom stereocenters. The van der Waals surface area contributed by atoms with E-state index in [4.69, 9.17) is 16.7 Å². The summed E-state index contributed by atoms with van der Waals surface area (Å²) in [5.41, 5.74) is 1.49. The van der Waals surface area contributed by atoms with Crippen LogP contribution in [-0.4, -0.2) is 18.2 Å². The van der Waals surface area contributed by atoms with Crippen molar-refractivity contribution in [3.05, 3.63) is 28.8 Å². The molecule has 0 heterocycles. The molecule has 0 fully saturated rings. The van der Waals surface area contributed by atoms with E-state index >= 15 is 0 Å². The Morgan fingerprint density at radius 2 is 2.15 bits per heavy atom. The molecule has 0 atom stereocenters. The fourth-order valence-electron chi connectivity index (χ4n) is 0.948. The van der Waals surface area contributed by atoms with Gasteiger partial charge in [-0.2, -0.15) is 0 Å². The van der Waals surface area contributed by atoms with Gasteiger partial charge in [-0.25, -0.2) is 4.79 Å². The van der Waals surface area contributed by atoms with Gasteiger partial charge in [0.25, 0.3) is 0 Å². The zero-order chi connectivity index (χ0) is 10.0. The van der Waals surface area contributed by atoms with Crippen LogP contribution in [0, 0.1) is 6.92 Å². The first-order valence-corrected chi connectivity index (χ1v) is 4.13. The van der Waals surface area contributed by atoms with E-state index in [2.05, 4.69) is 0 Å². The van der Waals surface area contributed by atoms with Crippen LogP contribution < -0.4 is 4.90 Å². The van der Waals surface area contributed by atoms with E-state index in [0.717, 1.165) is 10.5 Å². The highest BCUT2D eigenvalue weighted by Gasteiger charge is 2.08. The van der Waals surface area contributed by atoms with Gasteiger partial charge in [-0.05, 0) is 30.7 Å². The van der Waals surface area contributed by atoms with Crippen molar-refractivity contribution in [2.24, 2.45) is 0 Å². The highest BCUT2D eigenvalue weighted by atomic mass is 35.5. The van der Waals surface area contributed by atoms with E-state index in [0.29, 0.717) is 10.7 Å². The quantitative estimate of drug-likeness (QED) is 0.756. The van der Waals surface area contributed by atoms with Gasteiger partial charge in [-0.1, -0.05) is 11.6 Å². The van der Waals surface area contributed by atoms with Crippen LogP contribution in [0.15, 0.2) is 18.2 Å². The zero-order valence-corrected chi connectivity index (χ0v) is 8.17. The Morgan fingerprint density at radius 1 is 1.54 bits per heavy atom. The summed E-state index contributed by atoms with van der Waals surface area (Å²) in [4.78, 5) is 11.7. The number of anilines is 1. The van der Waals surface area contributed by atoms with Crippen LogP contribution in [0.5, 0.6) is 0 Å². The Bertz CT molecular complexity index is 338. The maximum absolute atomic E-state index is 10.6. The van der Waals surface area contributed by atoms with Gasteiger partial charge in [0.15, 0.2) is 0 Å². The number of hydrogen-bond donors (Lipinski definition) is 1. The van der Waals surface area contributed by atoms with E-state index in [9.17, 15) is 4.79 Å². The number of halogens is 1. The number of amides is 1. The van der Waals surface area contributed by atoms with Gasteiger partial charge in [0.2, 0.25) is 0 Å². The normalized spacial score (nSPS) is 9.77. The molecule has 3 nitrogen and oxygen atoms in total. The molecule has 1 aromatic carbocycles. The monoisotopic (exact) mass is 199 g/mol. The smallest absolute Gasteiger partial charge is 0.411 e. The Labute approximate surface area is 81.5 Å². The van der Waals surface area contributed by atoms with E-state index < -0.39 is 6.09 Å². The number of rotatable bonds is 1. The lowest BCUT2D eigenvalue weighted by Crippen LogP contribution is -2.23. The molecule has 0 saturated heterocycles. The first-order valence-electron chi connectivity index (χ1n) is 3.75. The average Bonchev–Trinajstić information content (AvgIpc) is 2.08. The lowest BCUT2D eigenvalue weighted by Gasteiger charge is -2.13. The highest BCUT2D eigenvalue weighted by molar-refractivity contribution is 6.31. The molecule has 0 aliphatic carbocycles. The summed E-state index contributed by atoms with van der Waals surface area (Å²) >= 11 is 5.80. The molecule has 70 valence electrons. The number of aryl methyl sites for hydroxylation is 1. The van der Waals surface area contributed by atoms with Crippen molar-refractivity contribution < 1.29 is 9.90 Å². The fraction of sp³-hybridized carbons (Fsp3) is 0.222. The van der Waals surface area contributed by atoms with E-state index in [1.54, 1.807) is 18.2 Å². The van der Waals surface area contributed by atoms with Crippen LogP contribution in [0.1, 0.15) is 5.56 Å². The van der Waals surface area contributed by atoms with E-state index in [-0.39, 0.29) is 0 Å². The molecular formula is C9H10ClNO2. The Kier molecular flexibility index (Phi) is 2.78. The highest BCUT2D eigenvalue weighted by Crippen LogP contribution is 2.21. The van der Waals surface area contributed by atoms with Gasteiger partial charge >= 0.3 is 6.09 Å². The van der Waals surface area contributed by atoms with Crippen LogP contribution in [-0.2, 0) is 0 Å². The minimum absolute atomic E-state index is 0.620. The summed E-state index contributed by atoms with van der Waals surface area (Å²) in [5.74, 6) is 0. The molecule has 0 aromatic heterocycles. The maximum atomic E-state index is 10.6. The largest absolute Gasteiger partial charge is 0.465 e. The molecule has 0 saturated carbocycles. The van der Waals surface area contributed by atoms with Crippen LogP contribution >= 0.6 is 11.6 Å². The zero-order valence-electron chi connectivity index (χ0n) is 7.41. The second-order valence-electron chi connectivity index (χ2n) is 2.78. The average molecular weight is 200 g/mol. The predicted molar refractivity (Wildman–Crippen MR) is 52.6 cm³/mol. The third kappa shape index (κ3) is 2.12. The molecule has 0 aliphatic rings. The molecule has 1 amide bonds. The molecule has 0 bridgehead atoms. The first kappa shape index (κ1) is 9.86. The summed E-state index contributed by atoms with van der Waals surface area (Å²) in [5, 5.41) is 9.33. The summed E-state index contributed by atoms with van der Waals surface area (Å²) in [6.07, 6.45) is -0.985. The number of hydrogen-bond acceptors (Lipinski definition) is 1. The Morgan fingerprint density at radius 3 is 2.62 bits per heavy atom. The number of benzene rings is 1. The molecule has 0 radical (unpaired) electrons. The van der Waals surface area contributed by atoms with E-state index in [1.165, 1.54) is 7.05 Å². The molecule has 1 rings (SSSR count). The Hall–Kier alpha value is -1.22. The van der Waals surface area contributed by atoms with Gasteiger partial charge in [0, 0.05) is 17.8 Å². The molecule has 1 aromatic rings. The second-order valence-corrected chi connectivity index (χ2v) is 3.18. The predicted octanol–water partition coefficient (Wildman–Crippen LogP) is 2.76. The van der Waals surface area contributed by atoms with Crippen LogP contribution in [0.2, 0.25) is 5.02 Å². The molecule has 0 aliphatic heterocycles. The Balaban J connectivity index is 3.03. The van der Waals surface area contributed by atoms with Crippen molar-refractivity contribution in [3.63, 3.8) is 0 Å². The topological polar surface area (TPSA) is 40.5 Å². The molecule has 4 heteroatoms. The number of carbonyl (C=O) groups is 1. The third-order valence-electron chi connectivity index (χ3n) is 1.82. The maximum Gasteiger partial charge on any atom is 0.411 e. The standard InChI is InChI=1S/C9H10ClNO2/c1-6-5-7(3-4-8(6)10)11(2)9(12)13/h3-5H,1-2H3,(H,12,13). The number of nitrogens with zero attached hydrogens (tertiary/aromatic N) is 1. The third-order valence-corrected chi connectivity index (χ3v) is 2.24. The van der Waals surface area contributed by atoms with Crippen molar-refractivity contribution >= 4 is 23.4 Å². The minimum Gasteiger partial charge on any atom is -0.465 e. The van der Waals surface area contributed by atoms with Gasteiger partial charge in [-0.3, -0.25) is 4.90 Å². The van der Waals surface area contributed by atoms with Crippen LogP contribution in [0.3, 0.4) is 0 Å². The second kappa shape index (κ2) is 3.66. The van der Waals surface area contributed by atoms with Crippen molar-refractivity contribution in [3.8, 4) is 0 Å². The summed E-state index contributed by atoms with van der Waals surface area (Å²) in [6, 6.07) is 5.09. The molecule has 1 N–H and O–H groups in total. The molecule has 0 spiro atoms. The summed E-state index contributed by atoms with van der Waals surface area (Å²) in [7, 11) is 1.49. The lowest BCUT2D eigenvalue weighted by atomic mass is 10.2. The minimum atomic E-state index is -0.985. The fourth-order valence-corrected chi connectivity index (χ4v) is 1.07. The number of carboxylic acid groups (broad SMARTS) is 1. The lowest BCUT2D eigenvalue weighted by molar-refractivity contribution is 0.203. The van der Waals surface area contributed by atoms with Gasteiger partial charge in [-0.15, -0.1) is 0 Å². The molecular weight excluding hydrogens is 190 g/mol. The van der Waals surface area contributed by atoms with Crippen molar-refractivity contribution in [1.29, 1.82) is 0 Å². The summed E-state index contributed by atoms with van der Waals surface area (Å²) < 4.78 is 0. The van der Waals surface area contributed by atoms with E-state index in [1.807, 2.05) is 6.92 Å². The van der Waals surface area contributed by atoms with Crippen molar-refractivity contribution in [2.75, 3.05) is 11.9 Å². The van der Waals surface area contributed by atoms with Gasteiger partial charge < -0.3 is 5.11 Å². The van der Waals surface area contributed by atoms with Gasteiger partial charge in [0.1, 0.15) is 0 Å². The summed E-state index contributed by atoms with van der Waals surface area (Å²) in [6.45, 7) is 1.83. The van der Waals surface area contributed by atoms with Crippen molar-refractivity contribution in [2.45, 2.75) is 6.92 Å². The van der Waals surface area contributed by atoms with Crippen molar-refractivity contribution in [1.82, 2.24) is 0 Å².